The Balaban J connectivity index is 1.06. The lowest BCUT2D eigenvalue weighted by atomic mass is 10.0. The van der Waals surface area contributed by atoms with Gasteiger partial charge in [-0.2, -0.15) is 18.2 Å². The van der Waals surface area contributed by atoms with Crippen LogP contribution in [0.2, 0.25) is 0 Å². The van der Waals surface area contributed by atoms with Crippen LogP contribution in [0, 0.1) is 11.7 Å². The topological polar surface area (TPSA) is 199 Å². The average Bonchev–Trinajstić information content (AvgIpc) is 4.06. The first kappa shape index (κ1) is 43.5. The van der Waals surface area contributed by atoms with Crippen LogP contribution in [0.4, 0.5) is 22.4 Å². The fourth-order valence-electron chi connectivity index (χ4n) is 8.95. The molecule has 4 heterocycles. The van der Waals surface area contributed by atoms with Crippen molar-refractivity contribution in [3.05, 3.63) is 66.0 Å². The van der Waals surface area contributed by atoms with E-state index in [1.165, 1.54) is 29.2 Å². The van der Waals surface area contributed by atoms with E-state index >= 15 is 0 Å². The van der Waals surface area contributed by atoms with Gasteiger partial charge in [-0.15, -0.1) is 0 Å². The number of hydrogen-bond donors (Lipinski definition) is 3. The molecule has 4 aromatic rings. The van der Waals surface area contributed by atoms with Gasteiger partial charge in [-0.3, -0.25) is 19.1 Å². The molecule has 1 saturated heterocycles. The van der Waals surface area contributed by atoms with Gasteiger partial charge >= 0.3 is 12.3 Å². The molecular formula is C44H46F4N6O9S. The zero-order valence-electron chi connectivity index (χ0n) is 34.5. The first-order valence-corrected chi connectivity index (χ1v) is 23.2. The Hall–Kier alpha value is -5.79. The largest absolute Gasteiger partial charge is 0.470 e. The van der Waals surface area contributed by atoms with Crippen molar-refractivity contribution in [2.24, 2.45) is 5.92 Å². The van der Waals surface area contributed by atoms with Crippen molar-refractivity contribution in [3.63, 3.8) is 0 Å². The second-order valence-corrected chi connectivity index (χ2v) is 19.3. The second-order valence-electron chi connectivity index (χ2n) is 17.4. The summed E-state index contributed by atoms with van der Waals surface area (Å²) in [5, 5.41) is 5.20. The SMILES string of the molecule is O=C(N[C@H]1CCCCC/C=C\[C@@H]2C[C@@]2(C(=O)NS(=O)(=O)C2CC2)NC(=O)[C@@H]2C[C@@H](Oc3nc(-c4ccc(C(F)(F)F)cc4)nc4c3oc3cc(F)ccc34)CN2C1=O)OC1CCCC1. The van der Waals surface area contributed by atoms with Gasteiger partial charge in [0.1, 0.15) is 46.7 Å². The summed E-state index contributed by atoms with van der Waals surface area (Å²) in [5.74, 6) is -3.70. The molecule has 340 valence electrons. The van der Waals surface area contributed by atoms with E-state index in [2.05, 4.69) is 25.3 Å². The minimum absolute atomic E-state index is 0.0363. The number of allylic oxidation sites excluding steroid dienone is 1. The summed E-state index contributed by atoms with van der Waals surface area (Å²) in [6.07, 6.45) is 3.71. The molecule has 0 spiro atoms. The van der Waals surface area contributed by atoms with Crippen molar-refractivity contribution >= 4 is 55.9 Å². The van der Waals surface area contributed by atoms with Gasteiger partial charge in [0.15, 0.2) is 5.82 Å². The Morgan fingerprint density at radius 2 is 1.69 bits per heavy atom. The van der Waals surface area contributed by atoms with Crippen molar-refractivity contribution in [1.82, 2.24) is 30.2 Å². The maximum absolute atomic E-state index is 14.7. The lowest BCUT2D eigenvalue weighted by molar-refractivity contribution is -0.141. The number of carbonyl (C=O) groups excluding carboxylic acids is 4. The van der Waals surface area contributed by atoms with Crippen LogP contribution in [0.3, 0.4) is 0 Å². The van der Waals surface area contributed by atoms with Gasteiger partial charge in [0.05, 0.1) is 17.4 Å². The predicted molar refractivity (Wildman–Crippen MR) is 221 cm³/mol. The molecule has 0 bridgehead atoms. The third kappa shape index (κ3) is 8.97. The van der Waals surface area contributed by atoms with Crippen molar-refractivity contribution in [1.29, 1.82) is 0 Å². The Labute approximate surface area is 364 Å². The molecule has 0 radical (unpaired) electrons. The molecule has 0 unspecified atom stereocenters. The van der Waals surface area contributed by atoms with E-state index < -0.39 is 86.3 Å². The van der Waals surface area contributed by atoms with Gasteiger partial charge in [0, 0.05) is 29.4 Å². The standard InChI is InChI=1S/C44H46F4N6O9S/c45-27-16-19-31-34(20-27)63-36-35(31)50-37(24-12-14-25(15-13-24)44(46,47)48)51-39(36)61-29-21-33-38(55)52-43(41(57)53-64(59,60)30-17-18-30)22-26(43)8-4-2-1-3-5-11-32(40(56)54(33)23-29)49-42(58)62-28-9-6-7-10-28/h4,8,12-16,19-20,26,28-30,32-33H,1-3,5-7,9-11,17-18,21-23H2,(H,49,58)(H,52,55)(H,53,57)/b8-4-/t26-,29-,32+,33+,43-/m1/s1. The average molecular weight is 911 g/mol. The van der Waals surface area contributed by atoms with E-state index in [1.54, 1.807) is 6.08 Å². The number of furan rings is 1. The van der Waals surface area contributed by atoms with Crippen LogP contribution < -0.4 is 20.1 Å². The number of alkyl carbamates (subject to hydrolysis) is 1. The summed E-state index contributed by atoms with van der Waals surface area (Å²) in [6, 6.07) is 5.43. The highest BCUT2D eigenvalue weighted by Gasteiger charge is 2.62. The van der Waals surface area contributed by atoms with Crippen LogP contribution in [-0.2, 0) is 35.3 Å². The maximum atomic E-state index is 14.7. The fraction of sp³-hybridized carbons (Fsp3) is 0.500. The fourth-order valence-corrected chi connectivity index (χ4v) is 10.3. The Kier molecular flexibility index (Phi) is 11.5. The summed E-state index contributed by atoms with van der Waals surface area (Å²) < 4.78 is 101. The molecule has 3 saturated carbocycles. The molecule has 9 rings (SSSR count). The summed E-state index contributed by atoms with van der Waals surface area (Å²) in [6.45, 7) is -0.249. The smallest absolute Gasteiger partial charge is 0.416 e. The Bertz CT molecular complexity index is 2630. The van der Waals surface area contributed by atoms with Crippen LogP contribution in [0.5, 0.6) is 5.88 Å². The molecule has 3 N–H and O–H groups in total. The number of sulfonamides is 1. The molecule has 64 heavy (non-hydrogen) atoms. The maximum Gasteiger partial charge on any atom is 0.416 e. The number of benzene rings is 2. The van der Waals surface area contributed by atoms with Crippen LogP contribution in [-0.4, -0.2) is 88.7 Å². The number of nitrogens with zero attached hydrogens (tertiary/aromatic N) is 3. The minimum atomic E-state index is -4.60. The summed E-state index contributed by atoms with van der Waals surface area (Å²) >= 11 is 0. The normalized spacial score (nSPS) is 26.3. The van der Waals surface area contributed by atoms with Gasteiger partial charge < -0.3 is 29.4 Å². The van der Waals surface area contributed by atoms with E-state index in [4.69, 9.17) is 13.9 Å². The quantitative estimate of drug-likeness (QED) is 0.127. The van der Waals surface area contributed by atoms with Crippen LogP contribution >= 0.6 is 0 Å². The van der Waals surface area contributed by atoms with E-state index in [9.17, 15) is 45.2 Å². The third-order valence-electron chi connectivity index (χ3n) is 12.7. The minimum Gasteiger partial charge on any atom is -0.470 e. The second kappa shape index (κ2) is 17.0. The number of amides is 4. The zero-order chi connectivity index (χ0) is 45.0. The van der Waals surface area contributed by atoms with Gasteiger partial charge in [0.25, 0.3) is 11.8 Å². The molecule has 5 aliphatic rings. The van der Waals surface area contributed by atoms with Crippen LogP contribution in [0.15, 0.2) is 59.0 Å². The number of alkyl halides is 3. The van der Waals surface area contributed by atoms with E-state index in [1.807, 2.05) is 6.08 Å². The molecule has 2 aliphatic heterocycles. The number of fused-ring (bicyclic) bond motifs is 5. The molecular weight excluding hydrogens is 865 g/mol. The van der Waals surface area contributed by atoms with E-state index in [0.29, 0.717) is 50.3 Å². The first-order chi connectivity index (χ1) is 30.6. The van der Waals surface area contributed by atoms with Crippen LogP contribution in [0.25, 0.3) is 33.5 Å². The molecule has 2 aromatic heterocycles. The van der Waals surface area contributed by atoms with Crippen molar-refractivity contribution in [2.75, 3.05) is 6.54 Å². The summed E-state index contributed by atoms with van der Waals surface area (Å²) in [5.41, 5.74) is -2.15. The number of halogens is 4. The Morgan fingerprint density at radius 1 is 0.938 bits per heavy atom. The molecule has 4 fully saturated rings. The molecule has 4 amide bonds. The number of hydrogen-bond acceptors (Lipinski definition) is 11. The van der Waals surface area contributed by atoms with E-state index in [0.717, 1.165) is 37.5 Å². The molecule has 2 aromatic carbocycles. The van der Waals surface area contributed by atoms with Gasteiger partial charge in [-0.05, 0) is 88.5 Å². The monoisotopic (exact) mass is 910 g/mol. The lowest BCUT2D eigenvalue weighted by Crippen LogP contribution is -2.58. The van der Waals surface area contributed by atoms with Crippen molar-refractivity contribution < 1.29 is 59.0 Å². The number of ether oxygens (including phenoxy) is 2. The Morgan fingerprint density at radius 3 is 2.42 bits per heavy atom. The van der Waals surface area contributed by atoms with Crippen molar-refractivity contribution in [3.8, 4) is 17.3 Å². The van der Waals surface area contributed by atoms with Crippen LogP contribution in [0.1, 0.15) is 89.0 Å². The van der Waals surface area contributed by atoms with Gasteiger partial charge in [-0.25, -0.2) is 22.6 Å². The highest BCUT2D eigenvalue weighted by atomic mass is 32.2. The number of rotatable bonds is 8. The first-order valence-electron chi connectivity index (χ1n) is 21.6. The van der Waals surface area contributed by atoms with Gasteiger partial charge in [-0.1, -0.05) is 37.1 Å². The zero-order valence-corrected chi connectivity index (χ0v) is 35.3. The molecule has 3 aliphatic carbocycles. The van der Waals surface area contributed by atoms with E-state index in [-0.39, 0.29) is 65.9 Å². The predicted octanol–water partition coefficient (Wildman–Crippen LogP) is 6.59. The number of aromatic nitrogens is 2. The van der Waals surface area contributed by atoms with Gasteiger partial charge in [0.2, 0.25) is 27.4 Å². The van der Waals surface area contributed by atoms with Crippen molar-refractivity contribution in [2.45, 2.75) is 125 Å². The summed E-state index contributed by atoms with van der Waals surface area (Å²) in [7, 11) is -3.99. The third-order valence-corrected chi connectivity index (χ3v) is 14.5. The lowest BCUT2D eigenvalue weighted by Gasteiger charge is -2.30. The molecule has 15 nitrogen and oxygen atoms in total. The number of carbonyl (C=O) groups is 4. The number of nitrogens with one attached hydrogen (secondary N) is 3. The molecule has 20 heteroatoms. The molecule has 5 atom stereocenters. The highest BCUT2D eigenvalue weighted by molar-refractivity contribution is 7.91. The highest BCUT2D eigenvalue weighted by Crippen LogP contribution is 2.46. The summed E-state index contributed by atoms with van der Waals surface area (Å²) in [4.78, 5) is 66.8.